The number of imide groups is 1. The largest absolute Gasteiger partial charge is 0.454 e. The Labute approximate surface area is 330 Å². The highest BCUT2D eigenvalue weighted by atomic mass is 16.7. The summed E-state index contributed by atoms with van der Waals surface area (Å²) in [6.45, 7) is 0.0817. The second-order valence-electron chi connectivity index (χ2n) is 14.9. The molecule has 0 radical (unpaired) electrons. The predicted octanol–water partition coefficient (Wildman–Crippen LogP) is 7.91. The van der Waals surface area contributed by atoms with Gasteiger partial charge in [0.05, 0.1) is 33.3 Å². The van der Waals surface area contributed by atoms with Crippen LogP contribution in [0.25, 0.3) is 22.3 Å². The Balaban J connectivity index is 1.18. The van der Waals surface area contributed by atoms with Crippen molar-refractivity contribution < 1.29 is 38.3 Å². The molecule has 2 aliphatic carbocycles. The molecule has 3 heterocycles. The SMILES string of the molecule is O=C1[C@@H]2[C@H](C(=O)N1c1ccc(-c3ccc([N+](=O)[O-])cc3)cc1)[C@@]1(c3ccccc3)C(=O)[C@@]2(c2ccccc2)C(c2ccc3c(c2)OCO3)=C1c1ccc2c(c1)OCO2. The van der Waals surface area contributed by atoms with Crippen LogP contribution < -0.4 is 23.8 Å². The number of hydrogen-bond donors (Lipinski definition) is 0. The molecule has 1 saturated heterocycles. The number of ketones is 1. The molecule has 4 atom stereocenters. The molecular weight excluding hydrogens is 737 g/mol. The van der Waals surface area contributed by atoms with Gasteiger partial charge in [0, 0.05) is 12.1 Å². The number of carbonyl (C=O) groups excluding carboxylic acids is 3. The highest BCUT2D eigenvalue weighted by Gasteiger charge is 2.82. The Hall–Kier alpha value is -7.53. The number of allylic oxidation sites excluding steroid dienone is 2. The smallest absolute Gasteiger partial charge is 0.269 e. The lowest BCUT2D eigenvalue weighted by molar-refractivity contribution is -0.384. The molecule has 1 saturated carbocycles. The van der Waals surface area contributed by atoms with E-state index in [1.54, 1.807) is 36.4 Å². The van der Waals surface area contributed by atoms with Gasteiger partial charge in [-0.1, -0.05) is 84.9 Å². The Morgan fingerprint density at radius 2 is 0.931 bits per heavy atom. The number of carbonyl (C=O) groups is 3. The summed E-state index contributed by atoms with van der Waals surface area (Å²) in [5, 5.41) is 11.3. The summed E-state index contributed by atoms with van der Waals surface area (Å²) in [6.07, 6.45) is 0. The van der Waals surface area contributed by atoms with Gasteiger partial charge in [0.2, 0.25) is 25.4 Å². The van der Waals surface area contributed by atoms with Crippen molar-refractivity contribution in [2.75, 3.05) is 18.5 Å². The summed E-state index contributed by atoms with van der Waals surface area (Å²) in [5.74, 6) is -1.39. The van der Waals surface area contributed by atoms with Crippen molar-refractivity contribution in [2.45, 2.75) is 10.8 Å². The van der Waals surface area contributed by atoms with E-state index in [0.29, 0.717) is 62.1 Å². The second-order valence-corrected chi connectivity index (χ2v) is 14.9. The molecule has 0 unspecified atom stereocenters. The van der Waals surface area contributed by atoms with E-state index in [4.69, 9.17) is 18.9 Å². The second kappa shape index (κ2) is 12.2. The van der Waals surface area contributed by atoms with E-state index >= 15 is 14.4 Å². The molecule has 0 N–H and O–H groups in total. The number of fused-ring (bicyclic) bond motifs is 7. The minimum atomic E-state index is -1.64. The van der Waals surface area contributed by atoms with Crippen molar-refractivity contribution in [1.29, 1.82) is 0 Å². The molecule has 6 aromatic carbocycles. The summed E-state index contributed by atoms with van der Waals surface area (Å²) < 4.78 is 23.2. The maximum Gasteiger partial charge on any atom is 0.269 e. The number of Topliss-reactive ketones (excluding diaryl/α,β-unsaturated/α-hetero) is 1. The van der Waals surface area contributed by atoms with Crippen molar-refractivity contribution >= 4 is 40.1 Å². The monoisotopic (exact) mass is 766 g/mol. The molecule has 0 aromatic heterocycles. The van der Waals surface area contributed by atoms with Crippen LogP contribution in [0.2, 0.25) is 0 Å². The molecule has 0 spiro atoms. The van der Waals surface area contributed by atoms with Gasteiger partial charge in [0.1, 0.15) is 0 Å². The first-order valence-corrected chi connectivity index (χ1v) is 18.8. The molecule has 6 aromatic rings. The average molecular weight is 767 g/mol. The van der Waals surface area contributed by atoms with Crippen LogP contribution in [0, 0.1) is 22.0 Å². The number of amides is 2. The van der Waals surface area contributed by atoms with E-state index in [1.807, 2.05) is 97.1 Å². The van der Waals surface area contributed by atoms with E-state index in [9.17, 15) is 10.1 Å². The molecule has 11 nitrogen and oxygen atoms in total. The van der Waals surface area contributed by atoms with Gasteiger partial charge < -0.3 is 18.9 Å². The quantitative estimate of drug-likeness (QED) is 0.0903. The van der Waals surface area contributed by atoms with E-state index in [0.717, 1.165) is 11.1 Å². The molecule has 3 aliphatic heterocycles. The zero-order chi connectivity index (χ0) is 39.3. The van der Waals surface area contributed by atoms with E-state index in [2.05, 4.69) is 0 Å². The van der Waals surface area contributed by atoms with Crippen LogP contribution in [0.15, 0.2) is 146 Å². The van der Waals surface area contributed by atoms with Crippen LogP contribution in [0.3, 0.4) is 0 Å². The van der Waals surface area contributed by atoms with Crippen molar-refractivity contribution in [1.82, 2.24) is 0 Å². The minimum absolute atomic E-state index is 0.0297. The normalized spacial score (nSPS) is 23.5. The minimum Gasteiger partial charge on any atom is -0.454 e. The molecule has 2 bridgehead atoms. The van der Waals surface area contributed by atoms with Crippen LogP contribution in [0.1, 0.15) is 22.3 Å². The Bertz CT molecular complexity index is 2650. The first kappa shape index (κ1) is 33.8. The number of non-ortho nitro benzene ring substituents is 1. The average Bonchev–Trinajstić information content (AvgIpc) is 4.07. The van der Waals surface area contributed by atoms with E-state index in [-0.39, 0.29) is 25.1 Å². The highest BCUT2D eigenvalue weighted by molar-refractivity contribution is 6.39. The third kappa shape index (κ3) is 4.35. The van der Waals surface area contributed by atoms with Gasteiger partial charge in [-0.15, -0.1) is 0 Å². The lowest BCUT2D eigenvalue weighted by atomic mass is 9.59. The maximum atomic E-state index is 16.3. The summed E-state index contributed by atoms with van der Waals surface area (Å²) >= 11 is 0. The molecular formula is C47H30N2O9. The first-order valence-electron chi connectivity index (χ1n) is 18.8. The third-order valence-electron chi connectivity index (χ3n) is 12.3. The van der Waals surface area contributed by atoms with Crippen molar-refractivity contribution in [2.24, 2.45) is 11.8 Å². The van der Waals surface area contributed by atoms with Crippen LogP contribution >= 0.6 is 0 Å². The fourth-order valence-corrected chi connectivity index (χ4v) is 10.1. The van der Waals surface area contributed by atoms with Gasteiger partial charge in [-0.3, -0.25) is 24.5 Å². The van der Waals surface area contributed by atoms with E-state index in [1.165, 1.54) is 17.0 Å². The lowest BCUT2D eigenvalue weighted by Crippen LogP contribution is -2.45. The topological polar surface area (TPSA) is 135 Å². The summed E-state index contributed by atoms with van der Waals surface area (Å²) in [6, 6.07) is 42.8. The molecule has 2 fully saturated rings. The number of hydrogen-bond acceptors (Lipinski definition) is 9. The number of ether oxygens (including phenoxy) is 4. The Morgan fingerprint density at radius 1 is 0.517 bits per heavy atom. The third-order valence-corrected chi connectivity index (χ3v) is 12.3. The Morgan fingerprint density at radius 3 is 1.38 bits per heavy atom. The van der Waals surface area contributed by atoms with Crippen LogP contribution in [-0.2, 0) is 25.2 Å². The fourth-order valence-electron chi connectivity index (χ4n) is 10.1. The molecule has 11 rings (SSSR count). The highest BCUT2D eigenvalue weighted by Crippen LogP contribution is 2.74. The first-order chi connectivity index (χ1) is 28.3. The fraction of sp³-hybridized carbons (Fsp3) is 0.128. The van der Waals surface area contributed by atoms with Gasteiger partial charge in [-0.2, -0.15) is 0 Å². The van der Waals surface area contributed by atoms with Crippen LogP contribution in [-0.4, -0.2) is 36.1 Å². The number of nitro groups is 1. The van der Waals surface area contributed by atoms with Gasteiger partial charge in [0.15, 0.2) is 28.8 Å². The molecule has 282 valence electrons. The zero-order valence-electron chi connectivity index (χ0n) is 30.5. The number of nitro benzene ring substituents is 1. The zero-order valence-corrected chi connectivity index (χ0v) is 30.5. The molecule has 58 heavy (non-hydrogen) atoms. The Kier molecular flexibility index (Phi) is 7.12. The van der Waals surface area contributed by atoms with Gasteiger partial charge >= 0.3 is 0 Å². The predicted molar refractivity (Wildman–Crippen MR) is 211 cm³/mol. The van der Waals surface area contributed by atoms with Gasteiger partial charge in [0.25, 0.3) is 5.69 Å². The maximum absolute atomic E-state index is 16.3. The molecule has 11 heteroatoms. The summed E-state index contributed by atoms with van der Waals surface area (Å²) in [5.41, 5.74) is 2.20. The van der Waals surface area contributed by atoms with Crippen molar-refractivity contribution in [3.8, 4) is 34.1 Å². The van der Waals surface area contributed by atoms with E-state index < -0.39 is 39.4 Å². The number of nitrogens with zero attached hydrogens (tertiary/aromatic N) is 2. The van der Waals surface area contributed by atoms with Crippen LogP contribution in [0.5, 0.6) is 23.0 Å². The molecule has 5 aliphatic rings. The van der Waals surface area contributed by atoms with Gasteiger partial charge in [-0.05, 0) is 93.1 Å². The summed E-state index contributed by atoms with van der Waals surface area (Å²) in [4.78, 5) is 59.4. The van der Waals surface area contributed by atoms with Crippen LogP contribution in [0.4, 0.5) is 11.4 Å². The standard InChI is InChI=1S/C47H30N2O9/c50-43-41-42(44(51)48(43)33-17-11-27(12-18-33)28-13-19-34(20-14-28)49(53)54)47(32-9-5-2-6-10-32)40(30-16-22-36-38(24-30)58-26-56-36)39(29-15-21-35-37(23-29)57-25-55-35)46(41,45(47)52)31-7-3-1-4-8-31/h1-24,41-42H,25-26H2/t41-,42+,46-,47-/m0/s1. The van der Waals surface area contributed by atoms with Crippen molar-refractivity contribution in [3.63, 3.8) is 0 Å². The number of rotatable bonds is 7. The number of benzene rings is 6. The molecule has 2 amide bonds. The summed E-state index contributed by atoms with van der Waals surface area (Å²) in [7, 11) is 0. The van der Waals surface area contributed by atoms with Gasteiger partial charge in [-0.25, -0.2) is 4.90 Å². The number of anilines is 1. The van der Waals surface area contributed by atoms with Crippen molar-refractivity contribution in [3.05, 3.63) is 178 Å². The lowest BCUT2D eigenvalue weighted by Gasteiger charge is -2.39.